The monoisotopic (exact) mass is 449 g/mol. The molecule has 1 amide bonds. The minimum absolute atomic E-state index is 0.0719. The molecule has 32 heavy (non-hydrogen) atoms. The van der Waals surface area contributed by atoms with E-state index in [0.717, 1.165) is 5.56 Å². The van der Waals surface area contributed by atoms with Crippen LogP contribution in [0.5, 0.6) is 0 Å². The number of nitrogens with zero attached hydrogens (tertiary/aromatic N) is 2. The van der Waals surface area contributed by atoms with Crippen LogP contribution in [0.3, 0.4) is 0 Å². The second-order valence-electron chi connectivity index (χ2n) is 7.13. The molecule has 0 unspecified atom stereocenters. The van der Waals surface area contributed by atoms with E-state index in [1.165, 1.54) is 48.9 Å². The highest BCUT2D eigenvalue weighted by molar-refractivity contribution is 6.31. The molecule has 0 aliphatic heterocycles. The van der Waals surface area contributed by atoms with E-state index in [0.29, 0.717) is 16.1 Å². The van der Waals surface area contributed by atoms with Crippen LogP contribution < -0.4 is 10.7 Å². The first-order valence-corrected chi connectivity index (χ1v) is 10.1. The highest BCUT2D eigenvalue weighted by atomic mass is 35.5. The summed E-state index contributed by atoms with van der Waals surface area (Å²) >= 11 is 6.08. The number of fused-ring (bicyclic) bond motifs is 1. The fraction of sp³-hybridized carbons (Fsp3) is 0.0833. The van der Waals surface area contributed by atoms with E-state index in [2.05, 4.69) is 10.3 Å². The average Bonchev–Trinajstić information content (AvgIpc) is 2.80. The predicted octanol–water partition coefficient (Wildman–Crippen LogP) is 3.74. The summed E-state index contributed by atoms with van der Waals surface area (Å²) in [6, 6.07) is 13.6. The molecule has 6 nitrogen and oxygen atoms in total. The molecule has 2 aromatic carbocycles. The molecular weight excluding hydrogens is 433 g/mol. The van der Waals surface area contributed by atoms with E-state index in [9.17, 15) is 18.8 Å². The summed E-state index contributed by atoms with van der Waals surface area (Å²) in [5, 5.41) is 3.34. The Morgan fingerprint density at radius 1 is 1.03 bits per heavy atom. The molecule has 1 N–H and O–H groups in total. The summed E-state index contributed by atoms with van der Waals surface area (Å²) in [6.45, 7) is 0.0854. The van der Waals surface area contributed by atoms with E-state index in [4.69, 9.17) is 11.6 Å². The highest BCUT2D eigenvalue weighted by Crippen LogP contribution is 2.19. The molecule has 0 aliphatic rings. The zero-order chi connectivity index (χ0) is 22.7. The third-order valence-corrected chi connectivity index (χ3v) is 5.18. The van der Waals surface area contributed by atoms with Gasteiger partial charge in [-0.15, -0.1) is 0 Å². The summed E-state index contributed by atoms with van der Waals surface area (Å²) in [4.78, 5) is 42.5. The number of ketones is 1. The van der Waals surface area contributed by atoms with Crippen molar-refractivity contribution in [3.8, 4) is 0 Å². The number of halogens is 2. The number of carbonyl (C=O) groups excluding carboxylic acids is 2. The van der Waals surface area contributed by atoms with Crippen molar-refractivity contribution in [1.82, 2.24) is 14.9 Å². The minimum atomic E-state index is -0.472. The maximum Gasteiger partial charge on any atom is 0.240 e. The van der Waals surface area contributed by atoms with Gasteiger partial charge in [-0.25, -0.2) is 4.39 Å². The van der Waals surface area contributed by atoms with Crippen LogP contribution in [-0.2, 0) is 17.9 Å². The van der Waals surface area contributed by atoms with Crippen LogP contribution in [0.15, 0.2) is 78.0 Å². The van der Waals surface area contributed by atoms with Crippen molar-refractivity contribution in [2.75, 3.05) is 0 Å². The van der Waals surface area contributed by atoms with Gasteiger partial charge in [-0.1, -0.05) is 23.7 Å². The number of benzene rings is 2. The molecule has 160 valence electrons. The lowest BCUT2D eigenvalue weighted by molar-refractivity contribution is -0.121. The van der Waals surface area contributed by atoms with Gasteiger partial charge < -0.3 is 9.88 Å². The molecule has 0 saturated carbocycles. The third-order valence-electron chi connectivity index (χ3n) is 4.95. The van der Waals surface area contributed by atoms with Gasteiger partial charge in [0, 0.05) is 41.1 Å². The summed E-state index contributed by atoms with van der Waals surface area (Å²) < 4.78 is 14.6. The van der Waals surface area contributed by atoms with Gasteiger partial charge in [-0.2, -0.15) is 0 Å². The van der Waals surface area contributed by atoms with Crippen LogP contribution in [0.25, 0.3) is 10.9 Å². The molecule has 0 saturated heterocycles. The van der Waals surface area contributed by atoms with Crippen molar-refractivity contribution < 1.29 is 14.0 Å². The number of rotatable bonds is 6. The molecule has 0 spiro atoms. The van der Waals surface area contributed by atoms with E-state index < -0.39 is 11.2 Å². The fourth-order valence-corrected chi connectivity index (χ4v) is 3.51. The zero-order valence-electron chi connectivity index (χ0n) is 16.7. The maximum atomic E-state index is 13.1. The van der Waals surface area contributed by atoms with Gasteiger partial charge >= 0.3 is 0 Å². The third kappa shape index (κ3) is 4.58. The Hall–Kier alpha value is -3.84. The van der Waals surface area contributed by atoms with Gasteiger partial charge in [-0.3, -0.25) is 19.4 Å². The Labute approximate surface area is 187 Å². The second kappa shape index (κ2) is 9.11. The summed E-state index contributed by atoms with van der Waals surface area (Å²) in [7, 11) is 0. The number of hydrogen-bond acceptors (Lipinski definition) is 4. The SMILES string of the molecule is O=C(Cn1cc(C(=O)c2ccncc2)c(=O)c2cc(Cl)ccc21)NCc1ccc(F)cc1. The van der Waals surface area contributed by atoms with Crippen molar-refractivity contribution in [1.29, 1.82) is 0 Å². The standard InChI is InChI=1S/C24H17ClFN3O3/c25-17-3-6-21-19(11-17)24(32)20(23(31)16-7-9-27-10-8-16)13-29(21)14-22(30)28-12-15-1-4-18(26)5-2-15/h1-11,13H,12,14H2,(H,28,30). The van der Waals surface area contributed by atoms with Gasteiger partial charge in [0.25, 0.3) is 0 Å². The maximum absolute atomic E-state index is 13.1. The molecule has 0 radical (unpaired) electrons. The molecule has 8 heteroatoms. The van der Waals surface area contributed by atoms with Crippen molar-refractivity contribution >= 4 is 34.2 Å². The predicted molar refractivity (Wildman–Crippen MR) is 119 cm³/mol. The average molecular weight is 450 g/mol. The molecule has 4 aromatic rings. The van der Waals surface area contributed by atoms with E-state index in [-0.39, 0.29) is 35.8 Å². The first-order valence-electron chi connectivity index (χ1n) is 9.71. The van der Waals surface area contributed by atoms with E-state index >= 15 is 0 Å². The van der Waals surface area contributed by atoms with Gasteiger partial charge in [0.2, 0.25) is 11.3 Å². The van der Waals surface area contributed by atoms with Crippen molar-refractivity contribution in [2.45, 2.75) is 13.1 Å². The van der Waals surface area contributed by atoms with E-state index in [1.54, 1.807) is 28.8 Å². The largest absolute Gasteiger partial charge is 0.350 e. The molecule has 2 aromatic heterocycles. The molecule has 0 fully saturated rings. The number of nitrogens with one attached hydrogen (secondary N) is 1. The van der Waals surface area contributed by atoms with Crippen LogP contribution >= 0.6 is 11.6 Å². The summed E-state index contributed by atoms with van der Waals surface area (Å²) in [5.41, 5.74) is 0.989. The Morgan fingerprint density at radius 2 is 1.75 bits per heavy atom. The van der Waals surface area contributed by atoms with E-state index in [1.807, 2.05) is 0 Å². The Kier molecular flexibility index (Phi) is 6.09. The molecule has 4 rings (SSSR count). The number of hydrogen-bond donors (Lipinski definition) is 1. The first kappa shape index (κ1) is 21.4. The van der Waals surface area contributed by atoms with Crippen molar-refractivity contribution in [3.05, 3.63) is 111 Å². The van der Waals surface area contributed by atoms with Gasteiger partial charge in [0.15, 0.2) is 5.78 Å². The Bertz CT molecular complexity index is 1370. The number of carbonyl (C=O) groups is 2. The lowest BCUT2D eigenvalue weighted by atomic mass is 10.0. The van der Waals surface area contributed by atoms with Crippen LogP contribution in [0.4, 0.5) is 4.39 Å². The van der Waals surface area contributed by atoms with Crippen LogP contribution in [-0.4, -0.2) is 21.2 Å². The summed E-state index contributed by atoms with van der Waals surface area (Å²) in [6.07, 6.45) is 4.32. The summed E-state index contributed by atoms with van der Waals surface area (Å²) in [5.74, 6) is -1.17. The minimum Gasteiger partial charge on any atom is -0.350 e. The molecule has 0 atom stereocenters. The lowest BCUT2D eigenvalue weighted by Crippen LogP contribution is -2.29. The normalized spacial score (nSPS) is 10.8. The van der Waals surface area contributed by atoms with Crippen LogP contribution in [0, 0.1) is 5.82 Å². The lowest BCUT2D eigenvalue weighted by Gasteiger charge is -2.14. The van der Waals surface area contributed by atoms with Crippen LogP contribution in [0.2, 0.25) is 5.02 Å². The number of aromatic nitrogens is 2. The quantitative estimate of drug-likeness (QED) is 0.455. The van der Waals surface area contributed by atoms with Crippen molar-refractivity contribution in [2.24, 2.45) is 0 Å². The number of amides is 1. The van der Waals surface area contributed by atoms with Gasteiger partial charge in [-0.05, 0) is 48.0 Å². The highest BCUT2D eigenvalue weighted by Gasteiger charge is 2.18. The Balaban J connectivity index is 1.67. The number of pyridine rings is 2. The molecule has 0 bridgehead atoms. The first-order chi connectivity index (χ1) is 15.4. The molecular formula is C24H17ClFN3O3. The molecule has 2 heterocycles. The topological polar surface area (TPSA) is 81.1 Å². The molecule has 0 aliphatic carbocycles. The zero-order valence-corrected chi connectivity index (χ0v) is 17.5. The fourth-order valence-electron chi connectivity index (χ4n) is 3.33. The smallest absolute Gasteiger partial charge is 0.240 e. The van der Waals surface area contributed by atoms with Gasteiger partial charge in [0.1, 0.15) is 12.4 Å². The second-order valence-corrected chi connectivity index (χ2v) is 7.57. The Morgan fingerprint density at radius 3 is 2.47 bits per heavy atom. The van der Waals surface area contributed by atoms with Crippen molar-refractivity contribution in [3.63, 3.8) is 0 Å². The van der Waals surface area contributed by atoms with Gasteiger partial charge in [0.05, 0.1) is 11.1 Å². The van der Waals surface area contributed by atoms with Crippen LogP contribution in [0.1, 0.15) is 21.5 Å².